The quantitative estimate of drug-likeness (QED) is 0.620. The van der Waals surface area contributed by atoms with E-state index in [1.807, 2.05) is 12.1 Å². The minimum absolute atomic E-state index is 0.0448. The molecule has 1 amide bonds. The van der Waals surface area contributed by atoms with E-state index in [0.29, 0.717) is 24.2 Å². The summed E-state index contributed by atoms with van der Waals surface area (Å²) in [7, 11) is -3.40. The van der Waals surface area contributed by atoms with Gasteiger partial charge in [-0.15, -0.1) is 0 Å². The summed E-state index contributed by atoms with van der Waals surface area (Å²) in [6.45, 7) is 7.74. The van der Waals surface area contributed by atoms with Gasteiger partial charge in [-0.1, -0.05) is 37.3 Å². The van der Waals surface area contributed by atoms with E-state index in [-0.39, 0.29) is 17.8 Å². The molecule has 7 nitrogen and oxygen atoms in total. The third-order valence-electron chi connectivity index (χ3n) is 5.05. The van der Waals surface area contributed by atoms with Crippen molar-refractivity contribution in [3.8, 4) is 0 Å². The van der Waals surface area contributed by atoms with Crippen molar-refractivity contribution in [2.75, 3.05) is 30.2 Å². The Bertz CT molecular complexity index is 994. The highest BCUT2D eigenvalue weighted by Gasteiger charge is 2.17. The lowest BCUT2D eigenvalue weighted by atomic mass is 10.1. The molecule has 1 fully saturated rings. The molecule has 2 aromatic carbocycles. The average molecular weight is 446 g/mol. The summed E-state index contributed by atoms with van der Waals surface area (Å²) in [6, 6.07) is 14.7. The van der Waals surface area contributed by atoms with Gasteiger partial charge >= 0.3 is 0 Å². The summed E-state index contributed by atoms with van der Waals surface area (Å²) in [5.41, 5.74) is 3.03. The van der Waals surface area contributed by atoms with E-state index in [9.17, 15) is 13.2 Å². The maximum atomic E-state index is 12.6. The largest absolute Gasteiger partial charge is 0.376 e. The molecule has 1 atom stereocenters. The highest BCUT2D eigenvalue weighted by atomic mass is 32.2. The van der Waals surface area contributed by atoms with Crippen LogP contribution in [0.5, 0.6) is 0 Å². The van der Waals surface area contributed by atoms with Gasteiger partial charge in [0, 0.05) is 37.4 Å². The number of nitrogens with one attached hydrogen (secondary N) is 2. The second kappa shape index (κ2) is 10.7. The van der Waals surface area contributed by atoms with Gasteiger partial charge in [0.05, 0.1) is 18.5 Å². The van der Waals surface area contributed by atoms with Gasteiger partial charge in [0.1, 0.15) is 0 Å². The Kier molecular flexibility index (Phi) is 8.06. The number of sulfonamides is 1. The highest BCUT2D eigenvalue weighted by Crippen LogP contribution is 2.14. The molecular weight excluding hydrogens is 414 g/mol. The number of rotatable bonds is 9. The van der Waals surface area contributed by atoms with Crippen LogP contribution in [0.2, 0.25) is 0 Å². The smallest absolute Gasteiger partial charge is 0.251 e. The normalized spacial score (nSPS) is 17.3. The number of morpholine rings is 1. The number of hydrogen-bond donors (Lipinski definition) is 2. The van der Waals surface area contributed by atoms with Gasteiger partial charge in [-0.3, -0.25) is 14.4 Å². The molecule has 1 heterocycles. The van der Waals surface area contributed by atoms with Crippen LogP contribution in [-0.2, 0) is 27.8 Å². The van der Waals surface area contributed by atoms with E-state index >= 15 is 0 Å². The molecule has 168 valence electrons. The number of nitrogens with zero attached hydrogens (tertiary/aromatic N) is 1. The van der Waals surface area contributed by atoms with Crippen molar-refractivity contribution < 1.29 is 17.9 Å². The molecular formula is C23H31N3O4S. The van der Waals surface area contributed by atoms with Crippen LogP contribution in [0.4, 0.5) is 5.69 Å². The van der Waals surface area contributed by atoms with Crippen molar-refractivity contribution in [1.29, 1.82) is 0 Å². The fraction of sp³-hybridized carbons (Fsp3) is 0.435. The summed E-state index contributed by atoms with van der Waals surface area (Å²) >= 11 is 0. The van der Waals surface area contributed by atoms with E-state index < -0.39 is 10.0 Å². The lowest BCUT2D eigenvalue weighted by Crippen LogP contribution is -2.40. The number of carbonyl (C=O) groups is 1. The molecule has 0 aliphatic carbocycles. The summed E-state index contributed by atoms with van der Waals surface area (Å²) in [5.74, 6) is -0.202. The number of benzene rings is 2. The second-order valence-electron chi connectivity index (χ2n) is 7.92. The third kappa shape index (κ3) is 7.34. The predicted octanol–water partition coefficient (Wildman–Crippen LogP) is 2.99. The van der Waals surface area contributed by atoms with Gasteiger partial charge in [0.15, 0.2) is 0 Å². The lowest BCUT2D eigenvalue weighted by molar-refractivity contribution is -0.0212. The zero-order valence-corrected chi connectivity index (χ0v) is 19.0. The fourth-order valence-corrected chi connectivity index (χ4v) is 4.76. The number of hydrogen-bond acceptors (Lipinski definition) is 5. The molecule has 2 aromatic rings. The van der Waals surface area contributed by atoms with Crippen molar-refractivity contribution in [3.63, 3.8) is 0 Å². The first-order valence-corrected chi connectivity index (χ1v) is 12.3. The van der Waals surface area contributed by atoms with Crippen LogP contribution in [-0.4, -0.2) is 50.8 Å². The Morgan fingerprint density at radius 2 is 1.94 bits per heavy atom. The van der Waals surface area contributed by atoms with Crippen molar-refractivity contribution in [2.24, 2.45) is 0 Å². The van der Waals surface area contributed by atoms with Crippen LogP contribution in [0.1, 0.15) is 41.8 Å². The van der Waals surface area contributed by atoms with Crippen LogP contribution in [0, 0.1) is 0 Å². The van der Waals surface area contributed by atoms with Crippen molar-refractivity contribution in [3.05, 3.63) is 65.2 Å². The zero-order chi connectivity index (χ0) is 22.3. The van der Waals surface area contributed by atoms with Gasteiger partial charge in [0.25, 0.3) is 5.91 Å². The monoisotopic (exact) mass is 445 g/mol. The Morgan fingerprint density at radius 3 is 2.71 bits per heavy atom. The van der Waals surface area contributed by atoms with Crippen LogP contribution < -0.4 is 10.0 Å². The van der Waals surface area contributed by atoms with Crippen molar-refractivity contribution >= 4 is 21.6 Å². The third-order valence-corrected chi connectivity index (χ3v) is 6.54. The molecule has 1 aliphatic heterocycles. The molecule has 31 heavy (non-hydrogen) atoms. The Balaban J connectivity index is 1.57. The molecule has 1 aliphatic rings. The number of carbonyl (C=O) groups excluding carboxylic acids is 1. The van der Waals surface area contributed by atoms with Gasteiger partial charge < -0.3 is 10.1 Å². The summed E-state index contributed by atoms with van der Waals surface area (Å²) < 4.78 is 32.0. The van der Waals surface area contributed by atoms with Gasteiger partial charge in [0.2, 0.25) is 10.0 Å². The maximum Gasteiger partial charge on any atom is 0.251 e. The summed E-state index contributed by atoms with van der Waals surface area (Å²) in [6.07, 6.45) is 0.775. The first-order valence-electron chi connectivity index (χ1n) is 10.6. The van der Waals surface area contributed by atoms with Crippen LogP contribution in [0.25, 0.3) is 0 Å². The first kappa shape index (κ1) is 23.2. The van der Waals surface area contributed by atoms with Gasteiger partial charge in [-0.2, -0.15) is 0 Å². The van der Waals surface area contributed by atoms with Crippen LogP contribution >= 0.6 is 0 Å². The molecule has 0 spiro atoms. The summed E-state index contributed by atoms with van der Waals surface area (Å²) in [4.78, 5) is 15.0. The molecule has 3 rings (SSSR count). The fourth-order valence-electron chi connectivity index (χ4n) is 3.64. The second-order valence-corrected chi connectivity index (χ2v) is 9.76. The van der Waals surface area contributed by atoms with Gasteiger partial charge in [-0.05, 0) is 42.7 Å². The van der Waals surface area contributed by atoms with Crippen LogP contribution in [0.15, 0.2) is 48.5 Å². The Labute approximate surface area is 184 Å². The zero-order valence-electron chi connectivity index (χ0n) is 18.1. The molecule has 1 saturated heterocycles. The molecule has 8 heteroatoms. The molecule has 0 saturated carbocycles. The highest BCUT2D eigenvalue weighted by molar-refractivity contribution is 7.92. The lowest BCUT2D eigenvalue weighted by Gasteiger charge is -2.31. The van der Waals surface area contributed by atoms with Crippen molar-refractivity contribution in [1.82, 2.24) is 10.2 Å². The molecule has 0 bridgehead atoms. The minimum Gasteiger partial charge on any atom is -0.376 e. The van der Waals surface area contributed by atoms with E-state index in [2.05, 4.69) is 34.0 Å². The average Bonchev–Trinajstić information content (AvgIpc) is 2.72. The Morgan fingerprint density at radius 1 is 1.16 bits per heavy atom. The number of ether oxygens (including phenoxy) is 1. The standard InChI is InChI=1S/C23H31N3O4S/c1-3-12-31(28,29)25-22-9-5-8-21(14-22)23(27)24-15-19-6-4-7-20(13-19)17-26-10-11-30-18(2)16-26/h4-9,13-14,18,25H,3,10-12,15-17H2,1-2H3,(H,24,27). The predicted molar refractivity (Wildman–Crippen MR) is 122 cm³/mol. The van der Waals surface area contributed by atoms with Crippen molar-refractivity contribution in [2.45, 2.75) is 39.5 Å². The number of anilines is 1. The van der Waals surface area contributed by atoms with E-state index in [1.54, 1.807) is 31.2 Å². The van der Waals surface area contributed by atoms with Gasteiger partial charge in [-0.25, -0.2) is 8.42 Å². The molecule has 0 radical (unpaired) electrons. The number of amides is 1. The van der Waals surface area contributed by atoms with E-state index in [4.69, 9.17) is 4.74 Å². The molecule has 0 aromatic heterocycles. The van der Waals surface area contributed by atoms with E-state index in [1.165, 1.54) is 5.56 Å². The molecule has 1 unspecified atom stereocenters. The summed E-state index contributed by atoms with van der Waals surface area (Å²) in [5, 5.41) is 2.92. The Hall–Kier alpha value is -2.42. The first-order chi connectivity index (χ1) is 14.8. The maximum absolute atomic E-state index is 12.6. The molecule has 2 N–H and O–H groups in total. The van der Waals surface area contributed by atoms with Crippen LogP contribution in [0.3, 0.4) is 0 Å². The van der Waals surface area contributed by atoms with E-state index in [0.717, 1.165) is 31.8 Å². The topological polar surface area (TPSA) is 87.7 Å². The minimum atomic E-state index is -3.40. The SMILES string of the molecule is CCCS(=O)(=O)Nc1cccc(C(=O)NCc2cccc(CN3CCOC(C)C3)c2)c1.